The van der Waals surface area contributed by atoms with E-state index in [1.165, 1.54) is 11.3 Å². The first-order chi connectivity index (χ1) is 12.1. The van der Waals surface area contributed by atoms with E-state index in [0.717, 1.165) is 13.0 Å². The predicted octanol–water partition coefficient (Wildman–Crippen LogP) is 2.09. The molecule has 5 nitrogen and oxygen atoms in total. The summed E-state index contributed by atoms with van der Waals surface area (Å²) in [5, 5.41) is 3.67. The van der Waals surface area contributed by atoms with Crippen LogP contribution in [0.4, 0.5) is 5.69 Å². The van der Waals surface area contributed by atoms with Crippen LogP contribution in [-0.4, -0.2) is 30.6 Å². The third-order valence-electron chi connectivity index (χ3n) is 4.88. The van der Waals surface area contributed by atoms with Crippen molar-refractivity contribution in [2.24, 2.45) is 5.84 Å². The van der Waals surface area contributed by atoms with Crippen LogP contribution in [0.15, 0.2) is 54.6 Å². The van der Waals surface area contributed by atoms with Crippen LogP contribution < -0.4 is 21.5 Å². The molecule has 2 aromatic carbocycles. The van der Waals surface area contributed by atoms with E-state index in [2.05, 4.69) is 59.8 Å². The molecule has 25 heavy (non-hydrogen) atoms. The van der Waals surface area contributed by atoms with Crippen molar-refractivity contribution in [3.8, 4) is 0 Å². The Bertz CT molecular complexity index is 701. The Morgan fingerprint density at radius 2 is 1.84 bits per heavy atom. The summed E-state index contributed by atoms with van der Waals surface area (Å²) in [5.74, 6) is 4.93. The summed E-state index contributed by atoms with van der Waals surface area (Å²) in [6, 6.07) is 19.4. The van der Waals surface area contributed by atoms with Crippen molar-refractivity contribution in [1.29, 1.82) is 0 Å². The summed E-state index contributed by atoms with van der Waals surface area (Å²) >= 11 is 0. The molecule has 1 saturated heterocycles. The Balaban J connectivity index is 1.81. The van der Waals surface area contributed by atoms with Gasteiger partial charge in [0.25, 0.3) is 5.91 Å². The minimum absolute atomic E-state index is 0.265. The molecule has 5 heteroatoms. The molecule has 0 bridgehead atoms. The second-order valence-corrected chi connectivity index (χ2v) is 6.79. The third kappa shape index (κ3) is 4.00. The number of nitrogens with one attached hydrogen (secondary N) is 2. The molecule has 0 saturated carbocycles. The van der Waals surface area contributed by atoms with E-state index in [4.69, 9.17) is 5.84 Å². The normalized spacial score (nSPS) is 23.3. The van der Waals surface area contributed by atoms with Crippen molar-refractivity contribution in [1.82, 2.24) is 10.7 Å². The van der Waals surface area contributed by atoms with Gasteiger partial charge in [-0.2, -0.15) is 0 Å². The summed E-state index contributed by atoms with van der Waals surface area (Å²) < 4.78 is 0. The van der Waals surface area contributed by atoms with Crippen LogP contribution in [0.1, 0.15) is 29.8 Å². The van der Waals surface area contributed by atoms with Crippen molar-refractivity contribution in [2.75, 3.05) is 11.4 Å². The number of benzene rings is 2. The lowest BCUT2D eigenvalue weighted by molar-refractivity contribution is 0.0953. The molecule has 3 atom stereocenters. The van der Waals surface area contributed by atoms with Crippen LogP contribution in [0, 0.1) is 0 Å². The largest absolute Gasteiger partial charge is 0.365 e. The second-order valence-electron chi connectivity index (χ2n) is 6.79. The molecular formula is C20H26N4O. The summed E-state index contributed by atoms with van der Waals surface area (Å²) in [5.41, 5.74) is 5.21. The zero-order valence-corrected chi connectivity index (χ0v) is 14.8. The first-order valence-electron chi connectivity index (χ1n) is 8.76. The molecule has 0 aromatic heterocycles. The molecule has 1 amide bonds. The van der Waals surface area contributed by atoms with Gasteiger partial charge in [-0.25, -0.2) is 5.84 Å². The monoisotopic (exact) mass is 338 g/mol. The molecule has 4 N–H and O–H groups in total. The molecular weight excluding hydrogens is 312 g/mol. The SMILES string of the molecule is CC1CN(c2ccccc2)C(Cc2ccc(C(=O)NN)cc2)C(C)N1. The second kappa shape index (κ2) is 7.68. The predicted molar refractivity (Wildman–Crippen MR) is 101 cm³/mol. The number of piperazine rings is 1. The van der Waals surface area contributed by atoms with Crippen LogP contribution in [0.3, 0.4) is 0 Å². The molecule has 3 rings (SSSR count). The minimum Gasteiger partial charge on any atom is -0.365 e. The highest BCUT2D eigenvalue weighted by atomic mass is 16.2. The number of nitrogens with two attached hydrogens (primary N) is 1. The molecule has 1 fully saturated rings. The smallest absolute Gasteiger partial charge is 0.265 e. The maximum absolute atomic E-state index is 11.6. The zero-order valence-electron chi connectivity index (χ0n) is 14.8. The molecule has 2 aromatic rings. The van der Waals surface area contributed by atoms with Gasteiger partial charge in [0.15, 0.2) is 0 Å². The molecule has 132 valence electrons. The molecule has 0 radical (unpaired) electrons. The van der Waals surface area contributed by atoms with E-state index < -0.39 is 0 Å². The number of rotatable bonds is 4. The molecule has 1 heterocycles. The maximum Gasteiger partial charge on any atom is 0.265 e. The standard InChI is InChI=1S/C20H26N4O/c1-14-13-24(18-6-4-3-5-7-18)19(15(2)22-14)12-16-8-10-17(11-9-16)20(25)23-21/h3-11,14-15,19,22H,12-13,21H2,1-2H3,(H,23,25). The summed E-state index contributed by atoms with van der Waals surface area (Å²) in [4.78, 5) is 14.1. The Morgan fingerprint density at radius 3 is 2.48 bits per heavy atom. The highest BCUT2D eigenvalue weighted by molar-refractivity contribution is 5.93. The number of hydrazine groups is 1. The lowest BCUT2D eigenvalue weighted by Gasteiger charge is -2.45. The van der Waals surface area contributed by atoms with Gasteiger partial charge in [-0.05, 0) is 50.1 Å². The van der Waals surface area contributed by atoms with Crippen molar-refractivity contribution in [3.63, 3.8) is 0 Å². The van der Waals surface area contributed by atoms with Gasteiger partial charge in [0.1, 0.15) is 0 Å². The van der Waals surface area contributed by atoms with Crippen molar-refractivity contribution in [2.45, 2.75) is 38.4 Å². The average molecular weight is 338 g/mol. The molecule has 0 aliphatic carbocycles. The fourth-order valence-corrected chi connectivity index (χ4v) is 3.63. The van der Waals surface area contributed by atoms with Gasteiger partial charge in [-0.15, -0.1) is 0 Å². The number of nitrogen functional groups attached to an aromatic ring is 1. The average Bonchev–Trinajstić information content (AvgIpc) is 2.64. The number of hydrogen-bond donors (Lipinski definition) is 3. The Kier molecular flexibility index (Phi) is 5.36. The van der Waals surface area contributed by atoms with Gasteiger partial charge >= 0.3 is 0 Å². The van der Waals surface area contributed by atoms with E-state index in [1.807, 2.05) is 24.3 Å². The minimum atomic E-state index is -0.265. The number of carbonyl (C=O) groups is 1. The van der Waals surface area contributed by atoms with E-state index in [0.29, 0.717) is 23.7 Å². The first-order valence-corrected chi connectivity index (χ1v) is 8.76. The van der Waals surface area contributed by atoms with Gasteiger partial charge in [0.2, 0.25) is 0 Å². The molecule has 3 unspecified atom stereocenters. The Morgan fingerprint density at radius 1 is 1.16 bits per heavy atom. The summed E-state index contributed by atoms with van der Waals surface area (Å²) in [7, 11) is 0. The fraction of sp³-hybridized carbons (Fsp3) is 0.350. The van der Waals surface area contributed by atoms with Gasteiger partial charge in [-0.1, -0.05) is 30.3 Å². The fourth-order valence-electron chi connectivity index (χ4n) is 3.63. The van der Waals surface area contributed by atoms with Gasteiger partial charge < -0.3 is 10.2 Å². The summed E-state index contributed by atoms with van der Waals surface area (Å²) in [6.07, 6.45) is 0.917. The van der Waals surface area contributed by atoms with Crippen LogP contribution >= 0.6 is 0 Å². The Hall–Kier alpha value is -2.37. The number of nitrogens with zero attached hydrogens (tertiary/aromatic N) is 1. The lowest BCUT2D eigenvalue weighted by Crippen LogP contribution is -2.61. The summed E-state index contributed by atoms with van der Waals surface area (Å²) in [6.45, 7) is 5.45. The van der Waals surface area contributed by atoms with Gasteiger partial charge in [0, 0.05) is 35.9 Å². The van der Waals surface area contributed by atoms with Crippen LogP contribution in [0.2, 0.25) is 0 Å². The van der Waals surface area contributed by atoms with E-state index in [1.54, 1.807) is 0 Å². The topological polar surface area (TPSA) is 70.4 Å². The number of carbonyl (C=O) groups excluding carboxylic acids is 1. The van der Waals surface area contributed by atoms with E-state index >= 15 is 0 Å². The van der Waals surface area contributed by atoms with Crippen molar-refractivity contribution in [3.05, 3.63) is 65.7 Å². The zero-order chi connectivity index (χ0) is 17.8. The van der Waals surface area contributed by atoms with E-state index in [-0.39, 0.29) is 5.91 Å². The first kappa shape index (κ1) is 17.5. The van der Waals surface area contributed by atoms with Crippen molar-refractivity contribution >= 4 is 11.6 Å². The van der Waals surface area contributed by atoms with Gasteiger partial charge in [-0.3, -0.25) is 10.2 Å². The highest BCUT2D eigenvalue weighted by Gasteiger charge is 2.31. The number of hydrogen-bond acceptors (Lipinski definition) is 4. The van der Waals surface area contributed by atoms with Gasteiger partial charge in [0.05, 0.1) is 0 Å². The van der Waals surface area contributed by atoms with Crippen LogP contribution in [0.5, 0.6) is 0 Å². The maximum atomic E-state index is 11.6. The molecule has 1 aliphatic rings. The lowest BCUT2D eigenvalue weighted by atomic mass is 9.94. The van der Waals surface area contributed by atoms with Crippen LogP contribution in [0.25, 0.3) is 0 Å². The number of anilines is 1. The third-order valence-corrected chi connectivity index (χ3v) is 4.88. The number of amides is 1. The molecule has 1 aliphatic heterocycles. The quantitative estimate of drug-likeness (QED) is 0.453. The van der Waals surface area contributed by atoms with E-state index in [9.17, 15) is 4.79 Å². The van der Waals surface area contributed by atoms with Crippen molar-refractivity contribution < 1.29 is 4.79 Å². The highest BCUT2D eigenvalue weighted by Crippen LogP contribution is 2.25. The Labute approximate surface area is 149 Å². The number of para-hydroxylation sites is 1. The van der Waals surface area contributed by atoms with Crippen LogP contribution in [-0.2, 0) is 6.42 Å². The molecule has 0 spiro atoms.